The Hall–Kier alpha value is -0.830. The standard InChI is InChI=1S/C11H20N2O/c1-3-4-5-8-13(2)10(14)11(9-12)6-7-11/h3H,1,4-9,12H2,2H3. The molecule has 0 radical (unpaired) electrons. The lowest BCUT2D eigenvalue weighted by Gasteiger charge is -2.22. The first-order valence-electron chi connectivity index (χ1n) is 5.23. The normalized spacial score (nSPS) is 17.6. The minimum atomic E-state index is -0.192. The number of carbonyl (C=O) groups is 1. The Morgan fingerprint density at radius 3 is 2.71 bits per heavy atom. The second kappa shape index (κ2) is 4.60. The molecular weight excluding hydrogens is 176 g/mol. The maximum atomic E-state index is 11.9. The van der Waals surface area contributed by atoms with Crippen molar-refractivity contribution in [3.05, 3.63) is 12.7 Å². The summed E-state index contributed by atoms with van der Waals surface area (Å²) in [6.07, 6.45) is 5.77. The van der Waals surface area contributed by atoms with E-state index in [4.69, 9.17) is 5.73 Å². The van der Waals surface area contributed by atoms with Gasteiger partial charge in [-0.3, -0.25) is 4.79 Å². The van der Waals surface area contributed by atoms with E-state index >= 15 is 0 Å². The lowest BCUT2D eigenvalue weighted by Crippen LogP contribution is -2.38. The van der Waals surface area contributed by atoms with Crippen LogP contribution in [0.25, 0.3) is 0 Å². The van der Waals surface area contributed by atoms with Gasteiger partial charge in [0, 0.05) is 20.1 Å². The molecule has 14 heavy (non-hydrogen) atoms. The summed E-state index contributed by atoms with van der Waals surface area (Å²) in [5.41, 5.74) is 5.41. The number of allylic oxidation sites excluding steroid dienone is 1. The molecule has 1 amide bonds. The van der Waals surface area contributed by atoms with E-state index in [2.05, 4.69) is 6.58 Å². The van der Waals surface area contributed by atoms with Gasteiger partial charge >= 0.3 is 0 Å². The molecule has 0 saturated heterocycles. The van der Waals surface area contributed by atoms with E-state index in [1.165, 1.54) is 0 Å². The summed E-state index contributed by atoms with van der Waals surface area (Å²) < 4.78 is 0. The molecule has 1 fully saturated rings. The van der Waals surface area contributed by atoms with E-state index in [0.29, 0.717) is 6.54 Å². The first-order chi connectivity index (χ1) is 6.66. The second-order valence-electron chi connectivity index (χ2n) is 4.14. The molecule has 0 aromatic rings. The van der Waals surface area contributed by atoms with Crippen LogP contribution in [0, 0.1) is 5.41 Å². The van der Waals surface area contributed by atoms with Crippen LogP contribution in [0.15, 0.2) is 12.7 Å². The number of rotatable bonds is 6. The molecule has 0 aromatic carbocycles. The Balaban J connectivity index is 2.33. The topological polar surface area (TPSA) is 46.3 Å². The lowest BCUT2D eigenvalue weighted by atomic mass is 10.1. The van der Waals surface area contributed by atoms with Crippen LogP contribution >= 0.6 is 0 Å². The molecule has 80 valence electrons. The third-order valence-corrected chi connectivity index (χ3v) is 2.95. The van der Waals surface area contributed by atoms with Crippen molar-refractivity contribution < 1.29 is 4.79 Å². The van der Waals surface area contributed by atoms with Crippen LogP contribution in [0.3, 0.4) is 0 Å². The van der Waals surface area contributed by atoms with Crippen LogP contribution in [-0.2, 0) is 4.79 Å². The largest absolute Gasteiger partial charge is 0.345 e. The number of carbonyl (C=O) groups excluding carboxylic acids is 1. The highest BCUT2D eigenvalue weighted by Crippen LogP contribution is 2.45. The number of nitrogens with zero attached hydrogens (tertiary/aromatic N) is 1. The highest BCUT2D eigenvalue weighted by atomic mass is 16.2. The molecule has 0 aliphatic heterocycles. The van der Waals surface area contributed by atoms with E-state index in [1.807, 2.05) is 18.0 Å². The van der Waals surface area contributed by atoms with Gasteiger partial charge in [0.1, 0.15) is 0 Å². The molecular formula is C11H20N2O. The molecule has 0 atom stereocenters. The Labute approximate surface area is 86.0 Å². The summed E-state index contributed by atoms with van der Waals surface area (Å²) in [4.78, 5) is 13.7. The molecule has 0 spiro atoms. The second-order valence-corrected chi connectivity index (χ2v) is 4.14. The summed E-state index contributed by atoms with van der Waals surface area (Å²) in [5, 5.41) is 0. The zero-order valence-electron chi connectivity index (χ0n) is 8.96. The van der Waals surface area contributed by atoms with E-state index in [9.17, 15) is 4.79 Å². The SMILES string of the molecule is C=CCCCN(C)C(=O)C1(CN)CC1. The van der Waals surface area contributed by atoms with Gasteiger partial charge in [0.15, 0.2) is 0 Å². The zero-order valence-corrected chi connectivity index (χ0v) is 8.96. The monoisotopic (exact) mass is 196 g/mol. The van der Waals surface area contributed by atoms with Crippen molar-refractivity contribution in [1.82, 2.24) is 4.90 Å². The van der Waals surface area contributed by atoms with Crippen molar-refractivity contribution in [3.8, 4) is 0 Å². The highest BCUT2D eigenvalue weighted by molar-refractivity contribution is 5.85. The number of hydrogen-bond acceptors (Lipinski definition) is 2. The number of amides is 1. The first kappa shape index (κ1) is 11.2. The van der Waals surface area contributed by atoms with Gasteiger partial charge in [-0.05, 0) is 25.7 Å². The third kappa shape index (κ3) is 2.35. The third-order valence-electron chi connectivity index (χ3n) is 2.95. The molecule has 0 aromatic heterocycles. The van der Waals surface area contributed by atoms with Crippen molar-refractivity contribution in [2.75, 3.05) is 20.1 Å². The summed E-state index contributed by atoms with van der Waals surface area (Å²) >= 11 is 0. The molecule has 3 nitrogen and oxygen atoms in total. The van der Waals surface area contributed by atoms with Gasteiger partial charge < -0.3 is 10.6 Å². The van der Waals surface area contributed by atoms with Gasteiger partial charge in [-0.15, -0.1) is 6.58 Å². The minimum absolute atomic E-state index is 0.192. The van der Waals surface area contributed by atoms with Gasteiger partial charge in [0.05, 0.1) is 5.41 Å². The molecule has 2 N–H and O–H groups in total. The average molecular weight is 196 g/mol. The van der Waals surface area contributed by atoms with Gasteiger partial charge in [0.2, 0.25) is 5.91 Å². The van der Waals surface area contributed by atoms with E-state index < -0.39 is 0 Å². The van der Waals surface area contributed by atoms with E-state index in [1.54, 1.807) is 0 Å². The van der Waals surface area contributed by atoms with Gasteiger partial charge in [0.25, 0.3) is 0 Å². The maximum absolute atomic E-state index is 11.9. The van der Waals surface area contributed by atoms with Crippen molar-refractivity contribution >= 4 is 5.91 Å². The van der Waals surface area contributed by atoms with Crippen LogP contribution in [0.1, 0.15) is 25.7 Å². The maximum Gasteiger partial charge on any atom is 0.229 e. The molecule has 1 aliphatic carbocycles. The molecule has 3 heteroatoms. The quantitative estimate of drug-likeness (QED) is 0.511. The molecule has 1 saturated carbocycles. The van der Waals surface area contributed by atoms with Crippen molar-refractivity contribution in [2.45, 2.75) is 25.7 Å². The Morgan fingerprint density at radius 2 is 2.29 bits per heavy atom. The fourth-order valence-corrected chi connectivity index (χ4v) is 1.64. The summed E-state index contributed by atoms with van der Waals surface area (Å²) in [6.45, 7) is 4.97. The van der Waals surface area contributed by atoms with Crippen LogP contribution in [0.2, 0.25) is 0 Å². The van der Waals surface area contributed by atoms with Crippen molar-refractivity contribution in [2.24, 2.45) is 11.1 Å². The number of nitrogens with two attached hydrogens (primary N) is 1. The number of unbranched alkanes of at least 4 members (excludes halogenated alkanes) is 1. The van der Waals surface area contributed by atoms with Crippen molar-refractivity contribution in [3.63, 3.8) is 0 Å². The van der Waals surface area contributed by atoms with Crippen LogP contribution in [0.4, 0.5) is 0 Å². The Morgan fingerprint density at radius 1 is 1.64 bits per heavy atom. The molecule has 0 heterocycles. The zero-order chi connectivity index (χ0) is 10.6. The highest BCUT2D eigenvalue weighted by Gasteiger charge is 2.49. The summed E-state index contributed by atoms with van der Waals surface area (Å²) in [6, 6.07) is 0. The van der Waals surface area contributed by atoms with Crippen LogP contribution in [0.5, 0.6) is 0 Å². The van der Waals surface area contributed by atoms with Gasteiger partial charge in [-0.1, -0.05) is 6.08 Å². The summed E-state index contributed by atoms with van der Waals surface area (Å²) in [5.74, 6) is 0.226. The Bertz CT molecular complexity index is 221. The fraction of sp³-hybridized carbons (Fsp3) is 0.727. The fourth-order valence-electron chi connectivity index (χ4n) is 1.64. The number of hydrogen-bond donors (Lipinski definition) is 1. The first-order valence-corrected chi connectivity index (χ1v) is 5.23. The summed E-state index contributed by atoms with van der Waals surface area (Å²) in [7, 11) is 1.86. The van der Waals surface area contributed by atoms with E-state index in [0.717, 1.165) is 32.2 Å². The smallest absolute Gasteiger partial charge is 0.229 e. The average Bonchev–Trinajstić information content (AvgIpc) is 2.97. The van der Waals surface area contributed by atoms with Gasteiger partial charge in [-0.2, -0.15) is 0 Å². The van der Waals surface area contributed by atoms with Gasteiger partial charge in [-0.25, -0.2) is 0 Å². The molecule has 0 bridgehead atoms. The van der Waals surface area contributed by atoms with Crippen LogP contribution < -0.4 is 5.73 Å². The molecule has 0 unspecified atom stereocenters. The predicted octanol–water partition coefficient (Wildman–Crippen LogP) is 1.15. The van der Waals surface area contributed by atoms with Crippen LogP contribution in [-0.4, -0.2) is 30.9 Å². The van der Waals surface area contributed by atoms with Crippen molar-refractivity contribution in [1.29, 1.82) is 0 Å². The minimum Gasteiger partial charge on any atom is -0.345 e. The molecule has 1 rings (SSSR count). The predicted molar refractivity (Wildman–Crippen MR) is 57.8 cm³/mol. The molecule has 1 aliphatic rings. The lowest BCUT2D eigenvalue weighted by molar-refractivity contribution is -0.135. The van der Waals surface area contributed by atoms with E-state index in [-0.39, 0.29) is 11.3 Å². The Kier molecular flexibility index (Phi) is 3.69.